The van der Waals surface area contributed by atoms with E-state index in [9.17, 15) is 0 Å². The molecule has 1 aromatic heterocycles. The summed E-state index contributed by atoms with van der Waals surface area (Å²) in [5, 5.41) is 10.6. The molecule has 2 fully saturated rings. The Balaban J connectivity index is 0.00000225. The summed E-state index contributed by atoms with van der Waals surface area (Å²) in [5.41, 5.74) is 0. The van der Waals surface area contributed by atoms with Gasteiger partial charge in [0.05, 0.1) is 0 Å². The predicted molar refractivity (Wildman–Crippen MR) is 112 cm³/mol. The fraction of sp³-hybridized carbons (Fsp3) is 0.824. The van der Waals surface area contributed by atoms with Crippen LogP contribution in [0.3, 0.4) is 0 Å². The van der Waals surface area contributed by atoms with Gasteiger partial charge >= 0.3 is 0 Å². The molecule has 2 N–H and O–H groups in total. The van der Waals surface area contributed by atoms with Crippen LogP contribution >= 0.6 is 24.0 Å². The highest BCUT2D eigenvalue weighted by molar-refractivity contribution is 14.0. The lowest BCUT2D eigenvalue weighted by Crippen LogP contribution is -2.51. The van der Waals surface area contributed by atoms with E-state index in [1.165, 1.54) is 25.8 Å². The fourth-order valence-corrected chi connectivity index (χ4v) is 4.03. The topological polar surface area (TPSA) is 72.4 Å². The Bertz CT molecular complexity index is 511. The van der Waals surface area contributed by atoms with Crippen molar-refractivity contribution in [1.29, 1.82) is 0 Å². The number of aliphatic imine (C=N–C) groups is 1. The fourth-order valence-electron chi connectivity index (χ4n) is 4.03. The first-order chi connectivity index (χ1) is 11.8. The maximum absolute atomic E-state index is 4.51. The summed E-state index contributed by atoms with van der Waals surface area (Å²) in [4.78, 5) is 13.8. The van der Waals surface area contributed by atoms with Crippen molar-refractivity contribution in [3.05, 3.63) is 12.2 Å². The van der Waals surface area contributed by atoms with Crippen LogP contribution in [0.5, 0.6) is 0 Å². The van der Waals surface area contributed by atoms with Crippen LogP contribution in [0, 0.1) is 0 Å². The lowest BCUT2D eigenvalue weighted by molar-refractivity contribution is 0.156. The molecule has 142 valence electrons. The standard InChI is InChI=1S/C17H31N7.HI/c1-3-23-9-5-4-6-15(23)12-19-17(18-2)24-10-7-14(8-11-24)16-20-13-21-22-16;/h13-15H,3-12H2,1-2H3,(H,18,19)(H,20,21,22);1H. The highest BCUT2D eigenvalue weighted by Crippen LogP contribution is 2.25. The van der Waals surface area contributed by atoms with Crippen LogP contribution in [0.1, 0.15) is 50.8 Å². The number of likely N-dealkylation sites (N-methyl/N-ethyl adjacent to an activating group) is 1. The van der Waals surface area contributed by atoms with Crippen molar-refractivity contribution >= 4 is 29.9 Å². The normalized spacial score (nSPS) is 23.4. The zero-order valence-electron chi connectivity index (χ0n) is 15.4. The van der Waals surface area contributed by atoms with Crippen molar-refractivity contribution < 1.29 is 0 Å². The Kier molecular flexibility index (Phi) is 8.41. The maximum Gasteiger partial charge on any atom is 0.193 e. The third-order valence-corrected chi connectivity index (χ3v) is 5.48. The van der Waals surface area contributed by atoms with Crippen LogP contribution in [0.15, 0.2) is 11.3 Å². The average Bonchev–Trinajstić information content (AvgIpc) is 3.18. The summed E-state index contributed by atoms with van der Waals surface area (Å²) in [6.07, 6.45) is 7.79. The van der Waals surface area contributed by atoms with Gasteiger partial charge in [-0.3, -0.25) is 15.0 Å². The van der Waals surface area contributed by atoms with Crippen LogP contribution in [0.4, 0.5) is 0 Å². The Morgan fingerprint density at radius 2 is 2.08 bits per heavy atom. The van der Waals surface area contributed by atoms with E-state index in [4.69, 9.17) is 0 Å². The molecule has 25 heavy (non-hydrogen) atoms. The predicted octanol–water partition coefficient (Wildman–Crippen LogP) is 2.05. The number of H-pyrrole nitrogens is 1. The second-order valence-electron chi connectivity index (χ2n) is 6.84. The third-order valence-electron chi connectivity index (χ3n) is 5.48. The SMILES string of the molecule is CCN1CCCCC1CNC(=NC)N1CCC(c2ncn[nH]2)CC1.I. The van der Waals surface area contributed by atoms with Gasteiger partial charge in [0.15, 0.2) is 5.96 Å². The number of aromatic amines is 1. The minimum Gasteiger partial charge on any atom is -0.355 e. The molecule has 0 saturated carbocycles. The number of nitrogens with one attached hydrogen (secondary N) is 2. The van der Waals surface area contributed by atoms with Gasteiger partial charge in [0.25, 0.3) is 0 Å². The van der Waals surface area contributed by atoms with Gasteiger partial charge in [0.2, 0.25) is 0 Å². The van der Waals surface area contributed by atoms with Gasteiger partial charge in [0.1, 0.15) is 12.2 Å². The van der Waals surface area contributed by atoms with E-state index in [0.717, 1.165) is 50.8 Å². The largest absolute Gasteiger partial charge is 0.355 e. The highest BCUT2D eigenvalue weighted by atomic mass is 127. The average molecular weight is 461 g/mol. The number of hydrogen-bond donors (Lipinski definition) is 2. The number of guanidine groups is 1. The highest BCUT2D eigenvalue weighted by Gasteiger charge is 2.26. The molecule has 0 amide bonds. The first-order valence-corrected chi connectivity index (χ1v) is 9.36. The van der Waals surface area contributed by atoms with Crippen LogP contribution in [-0.2, 0) is 0 Å². The van der Waals surface area contributed by atoms with Crippen LogP contribution in [0.25, 0.3) is 0 Å². The van der Waals surface area contributed by atoms with E-state index in [1.807, 2.05) is 7.05 Å². The quantitative estimate of drug-likeness (QED) is 0.408. The van der Waals surface area contributed by atoms with Crippen molar-refractivity contribution in [1.82, 2.24) is 30.3 Å². The van der Waals surface area contributed by atoms with Gasteiger partial charge in [-0.15, -0.1) is 24.0 Å². The summed E-state index contributed by atoms with van der Waals surface area (Å²) in [6.45, 7) is 7.70. The van der Waals surface area contributed by atoms with Gasteiger partial charge in [0, 0.05) is 38.6 Å². The van der Waals surface area contributed by atoms with E-state index in [2.05, 4.69) is 42.2 Å². The Hall–Kier alpha value is -0.900. The molecule has 8 heteroatoms. The van der Waals surface area contributed by atoms with Crippen LogP contribution in [0.2, 0.25) is 0 Å². The first-order valence-electron chi connectivity index (χ1n) is 9.36. The van der Waals surface area contributed by atoms with Crippen LogP contribution in [-0.4, -0.2) is 76.8 Å². The second kappa shape index (κ2) is 10.3. The molecule has 0 spiro atoms. The lowest BCUT2D eigenvalue weighted by atomic mass is 9.96. The van der Waals surface area contributed by atoms with Gasteiger partial charge < -0.3 is 10.2 Å². The molecule has 0 aromatic carbocycles. The molecule has 1 aromatic rings. The molecule has 7 nitrogen and oxygen atoms in total. The monoisotopic (exact) mass is 461 g/mol. The van der Waals surface area contributed by atoms with Crippen LogP contribution < -0.4 is 5.32 Å². The molecule has 0 bridgehead atoms. The van der Waals surface area contributed by atoms with E-state index in [-0.39, 0.29) is 24.0 Å². The lowest BCUT2D eigenvalue weighted by Gasteiger charge is -2.37. The van der Waals surface area contributed by atoms with E-state index < -0.39 is 0 Å². The molecular weight excluding hydrogens is 429 g/mol. The van der Waals surface area contributed by atoms with E-state index >= 15 is 0 Å². The number of rotatable bonds is 4. The maximum atomic E-state index is 4.51. The number of halogens is 1. The molecule has 1 atom stereocenters. The van der Waals surface area contributed by atoms with E-state index in [0.29, 0.717) is 12.0 Å². The summed E-state index contributed by atoms with van der Waals surface area (Å²) in [5.74, 6) is 2.57. The summed E-state index contributed by atoms with van der Waals surface area (Å²) < 4.78 is 0. The summed E-state index contributed by atoms with van der Waals surface area (Å²) in [7, 11) is 1.89. The second-order valence-corrected chi connectivity index (χ2v) is 6.84. The molecular formula is C17H32IN7. The van der Waals surface area contributed by atoms with Crippen molar-refractivity contribution in [3.63, 3.8) is 0 Å². The van der Waals surface area contributed by atoms with Crippen molar-refractivity contribution in [3.8, 4) is 0 Å². The van der Waals surface area contributed by atoms with Crippen molar-refractivity contribution in [2.24, 2.45) is 4.99 Å². The van der Waals surface area contributed by atoms with Crippen molar-refractivity contribution in [2.45, 2.75) is 51.0 Å². The van der Waals surface area contributed by atoms with Gasteiger partial charge in [-0.1, -0.05) is 13.3 Å². The van der Waals surface area contributed by atoms with Gasteiger partial charge in [-0.2, -0.15) is 5.10 Å². The number of piperidine rings is 2. The minimum absolute atomic E-state index is 0. The number of aromatic nitrogens is 3. The molecule has 2 saturated heterocycles. The molecule has 3 rings (SSSR count). The van der Waals surface area contributed by atoms with E-state index in [1.54, 1.807) is 6.33 Å². The Morgan fingerprint density at radius 1 is 1.28 bits per heavy atom. The smallest absolute Gasteiger partial charge is 0.193 e. The number of likely N-dealkylation sites (tertiary alicyclic amines) is 2. The zero-order chi connectivity index (χ0) is 16.8. The third kappa shape index (κ3) is 5.29. The first kappa shape index (κ1) is 20.4. The van der Waals surface area contributed by atoms with Gasteiger partial charge in [-0.25, -0.2) is 4.98 Å². The molecule has 0 aliphatic carbocycles. The molecule has 2 aliphatic heterocycles. The summed E-state index contributed by atoms with van der Waals surface area (Å²) >= 11 is 0. The Morgan fingerprint density at radius 3 is 2.72 bits per heavy atom. The molecule has 1 unspecified atom stereocenters. The molecule has 0 radical (unpaired) electrons. The summed E-state index contributed by atoms with van der Waals surface area (Å²) in [6, 6.07) is 0.646. The van der Waals surface area contributed by atoms with Gasteiger partial charge in [-0.05, 0) is 38.8 Å². The number of hydrogen-bond acceptors (Lipinski definition) is 4. The van der Waals surface area contributed by atoms with Crippen molar-refractivity contribution in [2.75, 3.05) is 39.8 Å². The molecule has 3 heterocycles. The Labute approximate surface area is 168 Å². The zero-order valence-corrected chi connectivity index (χ0v) is 17.8. The number of nitrogens with zero attached hydrogens (tertiary/aromatic N) is 5. The minimum atomic E-state index is 0. The molecule has 2 aliphatic rings.